The minimum Gasteiger partial charge on any atom is -0.507 e. The van der Waals surface area contributed by atoms with Gasteiger partial charge in [-0.1, -0.05) is 46.3 Å². The van der Waals surface area contributed by atoms with Crippen LogP contribution in [0, 0.1) is 0 Å². The Kier molecular flexibility index (Phi) is 4.99. The zero-order valence-corrected chi connectivity index (χ0v) is 13.4. The number of aromatic nitrogens is 1. The van der Waals surface area contributed by atoms with Gasteiger partial charge in [-0.2, -0.15) is 0 Å². The second-order valence-corrected chi connectivity index (χ2v) is 5.37. The summed E-state index contributed by atoms with van der Waals surface area (Å²) in [5.41, 5.74) is 2.82. The Labute approximate surface area is 137 Å². The Morgan fingerprint density at radius 3 is 2.57 bits per heavy atom. The van der Waals surface area contributed by atoms with E-state index in [-0.39, 0.29) is 18.2 Å². The summed E-state index contributed by atoms with van der Waals surface area (Å²) in [6.45, 7) is 0. The maximum atomic E-state index is 9.84. The minimum absolute atomic E-state index is 0. The molecule has 2 nitrogen and oxygen atoms in total. The highest BCUT2D eigenvalue weighted by molar-refractivity contribution is 9.10. The van der Waals surface area contributed by atoms with Crippen molar-refractivity contribution in [2.75, 3.05) is 0 Å². The lowest BCUT2D eigenvalue weighted by atomic mass is 10.1. The number of fused-ring (bicyclic) bond motifs is 1. The summed E-state index contributed by atoms with van der Waals surface area (Å²) in [5.74, 6) is 0.266. The standard InChI is InChI=1S/C17H12BrNO.ClH/c18-14-7-8-17(20)13(11-14)6-5-12-9-10-19-16-4-2-1-3-15(12)16;/h1-11,20H;1H/b6-5+;. The average molecular weight is 363 g/mol. The first kappa shape index (κ1) is 15.5. The van der Waals surface area contributed by atoms with Gasteiger partial charge in [-0.15, -0.1) is 12.4 Å². The summed E-state index contributed by atoms with van der Waals surface area (Å²) in [4.78, 5) is 4.34. The molecule has 0 saturated heterocycles. The van der Waals surface area contributed by atoms with Crippen molar-refractivity contribution < 1.29 is 5.11 Å². The molecule has 2 aromatic carbocycles. The third kappa shape index (κ3) is 3.43. The van der Waals surface area contributed by atoms with E-state index >= 15 is 0 Å². The number of hydrogen-bond acceptors (Lipinski definition) is 2. The second kappa shape index (κ2) is 6.74. The predicted molar refractivity (Wildman–Crippen MR) is 93.7 cm³/mol. The molecular weight excluding hydrogens is 350 g/mol. The van der Waals surface area contributed by atoms with E-state index in [1.165, 1.54) is 0 Å². The van der Waals surface area contributed by atoms with Gasteiger partial charge in [-0.05, 0) is 35.9 Å². The third-order valence-electron chi connectivity index (χ3n) is 3.11. The van der Waals surface area contributed by atoms with Crippen LogP contribution in [-0.4, -0.2) is 10.1 Å². The molecule has 3 aromatic rings. The van der Waals surface area contributed by atoms with Gasteiger partial charge in [-0.25, -0.2) is 0 Å². The molecule has 0 bridgehead atoms. The van der Waals surface area contributed by atoms with Crippen molar-refractivity contribution in [2.45, 2.75) is 0 Å². The lowest BCUT2D eigenvalue weighted by Crippen LogP contribution is -1.82. The van der Waals surface area contributed by atoms with E-state index in [9.17, 15) is 5.11 Å². The van der Waals surface area contributed by atoms with Crippen LogP contribution in [0.4, 0.5) is 0 Å². The summed E-state index contributed by atoms with van der Waals surface area (Å²) in [5, 5.41) is 10.9. The Bertz CT molecular complexity index is 796. The van der Waals surface area contributed by atoms with Crippen LogP contribution in [-0.2, 0) is 0 Å². The molecule has 0 saturated carbocycles. The van der Waals surface area contributed by atoms with E-state index in [4.69, 9.17) is 0 Å². The molecule has 1 aromatic heterocycles. The topological polar surface area (TPSA) is 33.1 Å². The largest absolute Gasteiger partial charge is 0.507 e. The third-order valence-corrected chi connectivity index (χ3v) is 3.61. The van der Waals surface area contributed by atoms with E-state index in [0.29, 0.717) is 0 Å². The Balaban J connectivity index is 0.00000161. The van der Waals surface area contributed by atoms with Gasteiger partial charge in [0.15, 0.2) is 0 Å². The molecule has 106 valence electrons. The smallest absolute Gasteiger partial charge is 0.122 e. The SMILES string of the molecule is Cl.Oc1ccc(Br)cc1/C=C/c1ccnc2ccccc12. The van der Waals surface area contributed by atoms with Gasteiger partial charge in [0.1, 0.15) is 5.75 Å². The first-order valence-electron chi connectivity index (χ1n) is 6.24. The molecule has 0 aliphatic carbocycles. The molecule has 1 N–H and O–H groups in total. The number of hydrogen-bond donors (Lipinski definition) is 1. The van der Waals surface area contributed by atoms with Gasteiger partial charge in [0, 0.05) is 21.6 Å². The number of pyridine rings is 1. The van der Waals surface area contributed by atoms with Gasteiger partial charge in [-0.3, -0.25) is 4.98 Å². The quantitative estimate of drug-likeness (QED) is 0.671. The lowest BCUT2D eigenvalue weighted by molar-refractivity contribution is 0.474. The normalized spacial score (nSPS) is 10.7. The van der Waals surface area contributed by atoms with Gasteiger partial charge < -0.3 is 5.11 Å². The van der Waals surface area contributed by atoms with Gasteiger partial charge in [0.2, 0.25) is 0 Å². The Morgan fingerprint density at radius 2 is 1.71 bits per heavy atom. The summed E-state index contributed by atoms with van der Waals surface area (Å²) in [7, 11) is 0. The average Bonchev–Trinajstić information content (AvgIpc) is 2.48. The van der Waals surface area contributed by atoms with E-state index in [1.807, 2.05) is 54.6 Å². The number of phenolic OH excluding ortho intramolecular Hbond substituents is 1. The van der Waals surface area contributed by atoms with Crippen molar-refractivity contribution in [1.29, 1.82) is 0 Å². The number of benzene rings is 2. The summed E-state index contributed by atoms with van der Waals surface area (Å²) >= 11 is 3.41. The zero-order valence-electron chi connectivity index (χ0n) is 11.0. The number of halogens is 2. The van der Waals surface area contributed by atoms with Crippen LogP contribution in [0.1, 0.15) is 11.1 Å². The lowest BCUT2D eigenvalue weighted by Gasteiger charge is -2.02. The second-order valence-electron chi connectivity index (χ2n) is 4.45. The van der Waals surface area contributed by atoms with Gasteiger partial charge in [0.05, 0.1) is 5.52 Å². The molecule has 1 heterocycles. The highest BCUT2D eigenvalue weighted by Crippen LogP contribution is 2.25. The minimum atomic E-state index is 0. The summed E-state index contributed by atoms with van der Waals surface area (Å²) < 4.78 is 0.939. The van der Waals surface area contributed by atoms with Crippen molar-refractivity contribution >= 4 is 51.4 Å². The first-order chi connectivity index (χ1) is 9.74. The number of aromatic hydroxyl groups is 1. The molecule has 21 heavy (non-hydrogen) atoms. The fraction of sp³-hybridized carbons (Fsp3) is 0. The van der Waals surface area contributed by atoms with Crippen LogP contribution in [0.15, 0.2) is 59.2 Å². The van der Waals surface area contributed by atoms with Crippen molar-refractivity contribution in [3.8, 4) is 5.75 Å². The van der Waals surface area contributed by atoms with E-state index in [2.05, 4.69) is 20.9 Å². The molecule has 0 unspecified atom stereocenters. The highest BCUT2D eigenvalue weighted by atomic mass is 79.9. The molecule has 0 amide bonds. The molecule has 0 fully saturated rings. The van der Waals surface area contributed by atoms with Gasteiger partial charge in [0.25, 0.3) is 0 Å². The number of rotatable bonds is 2. The van der Waals surface area contributed by atoms with E-state index in [0.717, 1.165) is 26.5 Å². The van der Waals surface area contributed by atoms with Crippen LogP contribution in [0.3, 0.4) is 0 Å². The molecule has 0 spiro atoms. The highest BCUT2D eigenvalue weighted by Gasteiger charge is 2.00. The van der Waals surface area contributed by atoms with Crippen molar-refractivity contribution in [2.24, 2.45) is 0 Å². The number of para-hydroxylation sites is 1. The molecule has 0 radical (unpaired) electrons. The van der Waals surface area contributed by atoms with Gasteiger partial charge >= 0.3 is 0 Å². The monoisotopic (exact) mass is 361 g/mol. The Hall–Kier alpha value is -1.84. The van der Waals surface area contributed by atoms with Crippen molar-refractivity contribution in [1.82, 2.24) is 4.98 Å². The van der Waals surface area contributed by atoms with Crippen molar-refractivity contribution in [3.63, 3.8) is 0 Å². The first-order valence-corrected chi connectivity index (χ1v) is 7.04. The zero-order chi connectivity index (χ0) is 13.9. The van der Waals surface area contributed by atoms with E-state index in [1.54, 1.807) is 12.3 Å². The van der Waals surface area contributed by atoms with Crippen LogP contribution < -0.4 is 0 Å². The fourth-order valence-corrected chi connectivity index (χ4v) is 2.48. The van der Waals surface area contributed by atoms with Crippen LogP contribution >= 0.6 is 28.3 Å². The maximum absolute atomic E-state index is 9.84. The molecule has 0 aliphatic rings. The van der Waals surface area contributed by atoms with Crippen LogP contribution in [0.25, 0.3) is 23.1 Å². The summed E-state index contributed by atoms with van der Waals surface area (Å²) in [6.07, 6.45) is 5.69. The van der Waals surface area contributed by atoms with E-state index < -0.39 is 0 Å². The Morgan fingerprint density at radius 1 is 0.952 bits per heavy atom. The fourth-order valence-electron chi connectivity index (χ4n) is 2.10. The van der Waals surface area contributed by atoms with Crippen molar-refractivity contribution in [3.05, 3.63) is 70.3 Å². The molecular formula is C17H13BrClNO. The molecule has 0 aliphatic heterocycles. The predicted octanol–water partition coefficient (Wildman–Crippen LogP) is 5.30. The maximum Gasteiger partial charge on any atom is 0.122 e. The molecule has 4 heteroatoms. The summed E-state index contributed by atoms with van der Waals surface area (Å²) in [6, 6.07) is 15.3. The van der Waals surface area contributed by atoms with Crippen LogP contribution in [0.5, 0.6) is 5.75 Å². The number of phenols is 1. The molecule has 0 atom stereocenters. The molecule has 3 rings (SSSR count). The number of nitrogens with zero attached hydrogens (tertiary/aromatic N) is 1. The van der Waals surface area contributed by atoms with Crippen LogP contribution in [0.2, 0.25) is 0 Å².